The molecule has 0 aromatic heterocycles. The largest absolute Gasteiger partial charge is 0.480 e. The summed E-state index contributed by atoms with van der Waals surface area (Å²) in [6.07, 6.45) is 5.34. The van der Waals surface area contributed by atoms with Gasteiger partial charge in [-0.15, -0.1) is 0 Å². The first kappa shape index (κ1) is 17.9. The Morgan fingerprint density at radius 2 is 1.96 bits per heavy atom. The van der Waals surface area contributed by atoms with Gasteiger partial charge in [-0.2, -0.15) is 0 Å². The minimum Gasteiger partial charge on any atom is -0.480 e. The average Bonchev–Trinajstić information content (AvgIpc) is 2.55. The van der Waals surface area contributed by atoms with Crippen molar-refractivity contribution in [3.8, 4) is 0 Å². The zero-order valence-electron chi connectivity index (χ0n) is 15.1. The van der Waals surface area contributed by atoms with Crippen LogP contribution in [0, 0.1) is 5.41 Å². The molecule has 2 N–H and O–H groups in total. The fourth-order valence-electron chi connectivity index (χ4n) is 3.98. The first-order valence-corrected chi connectivity index (χ1v) is 9.17. The van der Waals surface area contributed by atoms with Crippen molar-refractivity contribution in [1.29, 1.82) is 0 Å². The molecule has 0 radical (unpaired) electrons. The molecule has 1 unspecified atom stereocenters. The molecule has 2 fully saturated rings. The number of hydrogen-bond donors (Lipinski definition) is 2. The molecule has 1 saturated heterocycles. The van der Waals surface area contributed by atoms with E-state index in [1.807, 2.05) is 6.07 Å². The lowest BCUT2D eigenvalue weighted by Gasteiger charge is -2.55. The summed E-state index contributed by atoms with van der Waals surface area (Å²) < 4.78 is 0. The van der Waals surface area contributed by atoms with Gasteiger partial charge in [-0.05, 0) is 51.5 Å². The van der Waals surface area contributed by atoms with Crippen LogP contribution in [0.4, 0.5) is 0 Å². The van der Waals surface area contributed by atoms with Crippen LogP contribution in [0.15, 0.2) is 30.3 Å². The second-order valence-electron chi connectivity index (χ2n) is 8.08. The maximum atomic E-state index is 12.4. The number of rotatable bonds is 5. The van der Waals surface area contributed by atoms with Gasteiger partial charge in [0.25, 0.3) is 0 Å². The van der Waals surface area contributed by atoms with E-state index in [0.717, 1.165) is 38.8 Å². The summed E-state index contributed by atoms with van der Waals surface area (Å²) in [5.41, 5.74) is 0.108. The van der Waals surface area contributed by atoms with Crippen LogP contribution in [0.1, 0.15) is 51.5 Å². The Bertz CT molecular complexity index is 638. The Labute approximate surface area is 149 Å². The van der Waals surface area contributed by atoms with Gasteiger partial charge in [-0.3, -0.25) is 14.5 Å². The Morgan fingerprint density at radius 1 is 1.28 bits per heavy atom. The number of carbonyl (C=O) groups is 2. The van der Waals surface area contributed by atoms with Gasteiger partial charge in [0.05, 0.1) is 0 Å². The van der Waals surface area contributed by atoms with Gasteiger partial charge in [-0.1, -0.05) is 30.3 Å². The number of carboxylic acids is 1. The molecule has 3 rings (SSSR count). The normalized spacial score (nSPS) is 23.0. The van der Waals surface area contributed by atoms with Crippen molar-refractivity contribution in [2.45, 2.75) is 64.1 Å². The second kappa shape index (κ2) is 6.79. The van der Waals surface area contributed by atoms with Crippen molar-refractivity contribution in [3.63, 3.8) is 0 Å². The van der Waals surface area contributed by atoms with Gasteiger partial charge >= 0.3 is 5.97 Å². The van der Waals surface area contributed by atoms with Gasteiger partial charge in [-0.25, -0.2) is 0 Å². The number of carboxylic acid groups (broad SMARTS) is 1. The molecule has 5 nitrogen and oxygen atoms in total. The molecular weight excluding hydrogens is 316 g/mol. The van der Waals surface area contributed by atoms with Crippen LogP contribution in [0.3, 0.4) is 0 Å². The monoisotopic (exact) mass is 344 g/mol. The fraction of sp³-hybridized carbons (Fsp3) is 0.600. The quantitative estimate of drug-likeness (QED) is 0.806. The molecule has 1 aliphatic carbocycles. The van der Waals surface area contributed by atoms with Crippen LogP contribution < -0.4 is 5.32 Å². The minimum atomic E-state index is -1.38. The van der Waals surface area contributed by atoms with Gasteiger partial charge in [0, 0.05) is 24.7 Å². The van der Waals surface area contributed by atoms with Gasteiger partial charge < -0.3 is 10.4 Å². The van der Waals surface area contributed by atoms with Crippen LogP contribution in [0.25, 0.3) is 0 Å². The summed E-state index contributed by atoms with van der Waals surface area (Å²) in [5, 5.41) is 12.2. The fourth-order valence-corrected chi connectivity index (χ4v) is 3.98. The molecule has 25 heavy (non-hydrogen) atoms. The van der Waals surface area contributed by atoms with Crippen molar-refractivity contribution >= 4 is 11.9 Å². The van der Waals surface area contributed by atoms with Crippen LogP contribution in [-0.4, -0.2) is 40.0 Å². The van der Waals surface area contributed by atoms with Crippen molar-refractivity contribution in [1.82, 2.24) is 10.2 Å². The van der Waals surface area contributed by atoms with E-state index in [4.69, 9.17) is 0 Å². The van der Waals surface area contributed by atoms with Crippen LogP contribution in [-0.2, 0) is 16.1 Å². The van der Waals surface area contributed by atoms with Crippen molar-refractivity contribution < 1.29 is 14.7 Å². The molecule has 1 aromatic rings. The van der Waals surface area contributed by atoms with Crippen molar-refractivity contribution in [2.24, 2.45) is 5.41 Å². The zero-order chi connectivity index (χ0) is 18.1. The van der Waals surface area contributed by atoms with Crippen LogP contribution in [0.5, 0.6) is 0 Å². The lowest BCUT2D eigenvalue weighted by molar-refractivity contribution is -0.154. The molecule has 1 spiro atoms. The maximum absolute atomic E-state index is 12.4. The smallest absolute Gasteiger partial charge is 0.318 e. The van der Waals surface area contributed by atoms with E-state index in [9.17, 15) is 14.7 Å². The van der Waals surface area contributed by atoms with Crippen LogP contribution in [0.2, 0.25) is 0 Å². The number of aliphatic carboxylic acids is 1. The number of piperidine rings is 1. The van der Waals surface area contributed by atoms with Crippen LogP contribution >= 0.6 is 0 Å². The highest BCUT2D eigenvalue weighted by Crippen LogP contribution is 2.45. The number of amides is 1. The van der Waals surface area contributed by atoms with Crippen molar-refractivity contribution in [3.05, 3.63) is 35.9 Å². The van der Waals surface area contributed by atoms with E-state index in [2.05, 4.69) is 34.5 Å². The summed E-state index contributed by atoms with van der Waals surface area (Å²) in [6.45, 7) is 4.82. The Kier molecular flexibility index (Phi) is 4.87. The third-order valence-corrected chi connectivity index (χ3v) is 5.98. The number of nitrogens with one attached hydrogen (secondary N) is 1. The van der Waals surface area contributed by atoms with Gasteiger partial charge in [0.2, 0.25) is 5.91 Å². The molecule has 1 aromatic carbocycles. The lowest BCUT2D eigenvalue weighted by atomic mass is 9.68. The average molecular weight is 344 g/mol. The summed E-state index contributed by atoms with van der Waals surface area (Å²) in [6, 6.07) is 10.6. The molecule has 1 amide bonds. The highest BCUT2D eigenvalue weighted by Gasteiger charge is 2.47. The Balaban J connectivity index is 1.65. The summed E-state index contributed by atoms with van der Waals surface area (Å²) in [4.78, 5) is 26.2. The van der Waals surface area contributed by atoms with Crippen molar-refractivity contribution in [2.75, 3.05) is 6.54 Å². The molecule has 1 heterocycles. The van der Waals surface area contributed by atoms with E-state index in [1.165, 1.54) is 25.8 Å². The topological polar surface area (TPSA) is 69.6 Å². The number of likely N-dealkylation sites (tertiary alicyclic amines) is 1. The van der Waals surface area contributed by atoms with E-state index in [1.54, 1.807) is 0 Å². The van der Waals surface area contributed by atoms with E-state index in [-0.39, 0.29) is 17.5 Å². The molecule has 136 valence electrons. The summed E-state index contributed by atoms with van der Waals surface area (Å²) >= 11 is 0. The van der Waals surface area contributed by atoms with E-state index in [0.29, 0.717) is 0 Å². The first-order chi connectivity index (χ1) is 11.8. The zero-order valence-corrected chi connectivity index (χ0v) is 15.1. The summed E-state index contributed by atoms with van der Waals surface area (Å²) in [5.74, 6) is -1.46. The highest BCUT2D eigenvalue weighted by atomic mass is 16.4. The Hall–Kier alpha value is -1.88. The first-order valence-electron chi connectivity index (χ1n) is 9.17. The Morgan fingerprint density at radius 3 is 2.52 bits per heavy atom. The lowest BCUT2D eigenvalue weighted by Crippen LogP contribution is -2.62. The maximum Gasteiger partial charge on any atom is 0.318 e. The van der Waals surface area contributed by atoms with Gasteiger partial charge in [0.1, 0.15) is 5.41 Å². The number of carbonyl (C=O) groups excluding carboxylic acids is 1. The molecule has 0 bridgehead atoms. The third kappa shape index (κ3) is 3.56. The highest BCUT2D eigenvalue weighted by molar-refractivity contribution is 6.01. The predicted molar refractivity (Wildman–Crippen MR) is 96.0 cm³/mol. The van der Waals surface area contributed by atoms with E-state index < -0.39 is 11.4 Å². The van der Waals surface area contributed by atoms with Gasteiger partial charge in [0.15, 0.2) is 0 Å². The number of nitrogens with zero attached hydrogens (tertiary/aromatic N) is 1. The SMILES string of the molecule is CC(C)(C(=O)O)C(=O)NC1CCN(Cc2ccccc2)C2(CCC2)C1. The number of hydrogen-bond acceptors (Lipinski definition) is 3. The van der Waals surface area contributed by atoms with E-state index >= 15 is 0 Å². The summed E-state index contributed by atoms with van der Waals surface area (Å²) in [7, 11) is 0. The minimum absolute atomic E-state index is 0.0680. The molecule has 1 saturated carbocycles. The third-order valence-electron chi connectivity index (χ3n) is 5.98. The molecule has 1 aliphatic heterocycles. The molecular formula is C20H28N2O3. The molecule has 5 heteroatoms. The standard InChI is InChI=1S/C20H28N2O3/c1-19(2,18(24)25)17(23)21-16-9-12-22(20(13-16)10-6-11-20)14-15-7-4-3-5-8-15/h3-5,7-8,16H,6,9-14H2,1-2H3,(H,21,23)(H,24,25). The predicted octanol–water partition coefficient (Wildman–Crippen LogP) is 2.80. The number of benzene rings is 1. The molecule has 1 atom stereocenters. The molecule has 2 aliphatic rings. The second-order valence-corrected chi connectivity index (χ2v) is 8.08.